The molecule has 1 aliphatic rings. The van der Waals surface area contributed by atoms with E-state index >= 15 is 0 Å². The molecule has 0 amide bonds. The van der Waals surface area contributed by atoms with Gasteiger partial charge in [-0.15, -0.1) is 11.8 Å². The van der Waals surface area contributed by atoms with Crippen LogP contribution < -0.4 is 10.6 Å². The van der Waals surface area contributed by atoms with Crippen molar-refractivity contribution < 1.29 is 4.39 Å². The fourth-order valence-electron chi connectivity index (χ4n) is 2.96. The number of nitrogens with zero attached hydrogens (tertiary/aromatic N) is 2. The molecule has 1 aliphatic heterocycles. The van der Waals surface area contributed by atoms with Crippen LogP contribution in [0.5, 0.6) is 0 Å². The molecule has 0 radical (unpaired) electrons. The second kappa shape index (κ2) is 11.4. The topological polar surface area (TPSA) is 39.7 Å². The summed E-state index contributed by atoms with van der Waals surface area (Å²) < 4.78 is 13.6. The predicted molar refractivity (Wildman–Crippen MR) is 106 cm³/mol. The fraction of sp³-hybridized carbons (Fsp3) is 0.632. The number of aliphatic imine (C=N–C) groups is 1. The van der Waals surface area contributed by atoms with Crippen molar-refractivity contribution in [3.05, 3.63) is 30.1 Å². The number of rotatable bonds is 8. The standard InChI is InChI=1S/C19H31FN4S/c1-3-4-12-24-13-9-16(10-14-24)23-19(21-2)22-11-15-25-18-8-6-5-7-17(18)20/h5-8,16H,3-4,9-15H2,1-2H3,(H2,21,22,23). The van der Waals surface area contributed by atoms with Crippen LogP contribution in [0.25, 0.3) is 0 Å². The molecule has 0 unspecified atom stereocenters. The third-order valence-corrected chi connectivity index (χ3v) is 5.52. The van der Waals surface area contributed by atoms with Crippen LogP contribution in [0.15, 0.2) is 34.2 Å². The third kappa shape index (κ3) is 7.24. The van der Waals surface area contributed by atoms with E-state index in [9.17, 15) is 4.39 Å². The van der Waals surface area contributed by atoms with E-state index in [4.69, 9.17) is 0 Å². The second-order valence-electron chi connectivity index (χ2n) is 6.39. The molecule has 2 N–H and O–H groups in total. The molecule has 140 valence electrons. The maximum Gasteiger partial charge on any atom is 0.191 e. The minimum Gasteiger partial charge on any atom is -0.356 e. The lowest BCUT2D eigenvalue weighted by atomic mass is 10.0. The van der Waals surface area contributed by atoms with E-state index in [0.29, 0.717) is 10.9 Å². The molecule has 1 aromatic rings. The quantitative estimate of drug-likeness (QED) is 0.320. The highest BCUT2D eigenvalue weighted by molar-refractivity contribution is 7.99. The number of guanidine groups is 1. The van der Waals surface area contributed by atoms with Crippen LogP contribution >= 0.6 is 11.8 Å². The predicted octanol–water partition coefficient (Wildman–Crippen LogP) is 3.35. The van der Waals surface area contributed by atoms with Gasteiger partial charge in [-0.3, -0.25) is 4.99 Å². The lowest BCUT2D eigenvalue weighted by molar-refractivity contribution is 0.203. The molecule has 0 saturated carbocycles. The summed E-state index contributed by atoms with van der Waals surface area (Å²) in [6.45, 7) is 6.56. The zero-order chi connectivity index (χ0) is 17.9. The number of likely N-dealkylation sites (tertiary alicyclic amines) is 1. The Morgan fingerprint density at radius 1 is 1.32 bits per heavy atom. The summed E-state index contributed by atoms with van der Waals surface area (Å²) in [4.78, 5) is 7.57. The van der Waals surface area contributed by atoms with Crippen LogP contribution in [-0.2, 0) is 0 Å². The molecule has 2 rings (SSSR count). The van der Waals surface area contributed by atoms with E-state index in [0.717, 1.165) is 44.2 Å². The van der Waals surface area contributed by atoms with Gasteiger partial charge in [0.05, 0.1) is 0 Å². The number of thioether (sulfide) groups is 1. The molecule has 6 heteroatoms. The Morgan fingerprint density at radius 3 is 2.76 bits per heavy atom. The minimum atomic E-state index is -0.148. The van der Waals surface area contributed by atoms with Gasteiger partial charge in [0.1, 0.15) is 5.82 Å². The molecule has 0 aliphatic carbocycles. The Balaban J connectivity index is 1.63. The highest BCUT2D eigenvalue weighted by Gasteiger charge is 2.19. The molecular weight excluding hydrogens is 335 g/mol. The molecule has 1 fully saturated rings. The second-order valence-corrected chi connectivity index (χ2v) is 7.53. The smallest absolute Gasteiger partial charge is 0.191 e. The zero-order valence-electron chi connectivity index (χ0n) is 15.4. The van der Waals surface area contributed by atoms with Gasteiger partial charge in [0, 0.05) is 43.4 Å². The lowest BCUT2D eigenvalue weighted by Gasteiger charge is -2.33. The van der Waals surface area contributed by atoms with Gasteiger partial charge in [-0.25, -0.2) is 4.39 Å². The van der Waals surface area contributed by atoms with Crippen molar-refractivity contribution in [3.63, 3.8) is 0 Å². The van der Waals surface area contributed by atoms with Crippen molar-refractivity contribution in [1.29, 1.82) is 0 Å². The van der Waals surface area contributed by atoms with Gasteiger partial charge in [0.15, 0.2) is 5.96 Å². The van der Waals surface area contributed by atoms with Crippen molar-refractivity contribution in [2.24, 2.45) is 4.99 Å². The molecule has 0 atom stereocenters. The number of benzene rings is 1. The van der Waals surface area contributed by atoms with Crippen LogP contribution in [0.1, 0.15) is 32.6 Å². The molecule has 1 aromatic carbocycles. The number of halogens is 1. The molecule has 0 spiro atoms. The van der Waals surface area contributed by atoms with Crippen LogP contribution in [0.4, 0.5) is 4.39 Å². The SMILES string of the molecule is CCCCN1CCC(NC(=NC)NCCSc2ccccc2F)CC1. The summed E-state index contributed by atoms with van der Waals surface area (Å²) >= 11 is 1.53. The van der Waals surface area contributed by atoms with Crippen LogP contribution in [0.2, 0.25) is 0 Å². The fourth-order valence-corrected chi connectivity index (χ4v) is 3.77. The normalized spacial score (nSPS) is 16.8. The van der Waals surface area contributed by atoms with Gasteiger partial charge in [0.25, 0.3) is 0 Å². The first kappa shape index (κ1) is 20.0. The van der Waals surface area contributed by atoms with E-state index in [2.05, 4.69) is 27.4 Å². The van der Waals surface area contributed by atoms with Crippen molar-refractivity contribution in [1.82, 2.24) is 15.5 Å². The minimum absolute atomic E-state index is 0.148. The Bertz CT molecular complexity index is 530. The third-order valence-electron chi connectivity index (χ3n) is 4.47. The van der Waals surface area contributed by atoms with Crippen LogP contribution in [0.3, 0.4) is 0 Å². The first-order valence-corrected chi connectivity index (χ1v) is 10.3. The van der Waals surface area contributed by atoms with Gasteiger partial charge >= 0.3 is 0 Å². The van der Waals surface area contributed by atoms with E-state index in [1.54, 1.807) is 13.1 Å². The van der Waals surface area contributed by atoms with Crippen molar-refractivity contribution in [3.8, 4) is 0 Å². The number of hydrogen-bond acceptors (Lipinski definition) is 3. The monoisotopic (exact) mass is 366 g/mol. The number of nitrogens with one attached hydrogen (secondary N) is 2. The molecule has 25 heavy (non-hydrogen) atoms. The highest BCUT2D eigenvalue weighted by atomic mass is 32.2. The van der Waals surface area contributed by atoms with Gasteiger partial charge in [-0.2, -0.15) is 0 Å². The summed E-state index contributed by atoms with van der Waals surface area (Å²) in [6, 6.07) is 7.40. The number of unbranched alkanes of at least 4 members (excludes halogenated alkanes) is 1. The first-order chi connectivity index (χ1) is 12.2. The highest BCUT2D eigenvalue weighted by Crippen LogP contribution is 2.20. The van der Waals surface area contributed by atoms with E-state index < -0.39 is 0 Å². The van der Waals surface area contributed by atoms with E-state index in [1.165, 1.54) is 37.2 Å². The Hall–Kier alpha value is -1.27. The van der Waals surface area contributed by atoms with Gasteiger partial charge in [-0.1, -0.05) is 25.5 Å². The maximum absolute atomic E-state index is 13.6. The number of hydrogen-bond donors (Lipinski definition) is 2. The van der Waals surface area contributed by atoms with Crippen molar-refractivity contribution in [2.75, 3.05) is 39.0 Å². The van der Waals surface area contributed by atoms with Crippen molar-refractivity contribution in [2.45, 2.75) is 43.5 Å². The molecule has 0 aromatic heterocycles. The van der Waals surface area contributed by atoms with E-state index in [1.807, 2.05) is 12.1 Å². The molecule has 1 saturated heterocycles. The van der Waals surface area contributed by atoms with Crippen LogP contribution in [-0.4, -0.2) is 55.9 Å². The summed E-state index contributed by atoms with van der Waals surface area (Å²) in [7, 11) is 1.80. The van der Waals surface area contributed by atoms with E-state index in [-0.39, 0.29) is 5.82 Å². The molecular formula is C19H31FN4S. The lowest BCUT2D eigenvalue weighted by Crippen LogP contribution is -2.49. The van der Waals surface area contributed by atoms with Gasteiger partial charge < -0.3 is 15.5 Å². The summed E-state index contributed by atoms with van der Waals surface area (Å²) in [5.41, 5.74) is 0. The average Bonchev–Trinajstić information content (AvgIpc) is 2.65. The average molecular weight is 367 g/mol. The maximum atomic E-state index is 13.6. The zero-order valence-corrected chi connectivity index (χ0v) is 16.2. The number of piperidine rings is 1. The van der Waals surface area contributed by atoms with Gasteiger partial charge in [-0.05, 0) is 37.9 Å². The Labute approximate surface area is 155 Å². The Kier molecular flexibility index (Phi) is 9.11. The summed E-state index contributed by atoms with van der Waals surface area (Å²) in [5.74, 6) is 1.50. The van der Waals surface area contributed by atoms with Crippen molar-refractivity contribution >= 4 is 17.7 Å². The summed E-state index contributed by atoms with van der Waals surface area (Å²) in [6.07, 6.45) is 4.88. The van der Waals surface area contributed by atoms with Crippen LogP contribution in [0, 0.1) is 5.82 Å². The Morgan fingerprint density at radius 2 is 2.08 bits per heavy atom. The largest absolute Gasteiger partial charge is 0.356 e. The van der Waals surface area contributed by atoms with Gasteiger partial charge in [0.2, 0.25) is 0 Å². The first-order valence-electron chi connectivity index (χ1n) is 9.29. The molecule has 4 nitrogen and oxygen atoms in total. The summed E-state index contributed by atoms with van der Waals surface area (Å²) in [5, 5.41) is 6.86. The molecule has 0 bridgehead atoms. The molecule has 1 heterocycles.